The fourth-order valence-corrected chi connectivity index (χ4v) is 5.56. The Morgan fingerprint density at radius 3 is 2.32 bits per heavy atom. The molecule has 0 spiro atoms. The maximum atomic E-state index is 6.21. The van der Waals surface area contributed by atoms with Gasteiger partial charge in [0, 0.05) is 32.4 Å². The van der Waals surface area contributed by atoms with Gasteiger partial charge in [-0.3, -0.25) is 3.11 Å². The Balaban J connectivity index is 2.09. The average Bonchev–Trinajstić information content (AvgIpc) is 2.74. The summed E-state index contributed by atoms with van der Waals surface area (Å²) in [7, 11) is 0. The molecule has 3 aromatic carbocycles. The van der Waals surface area contributed by atoms with Crippen LogP contribution in [0, 0.1) is 17.0 Å². The first kappa shape index (κ1) is 16.1. The quantitative estimate of drug-likeness (QED) is 0.326. The zero-order valence-corrected chi connectivity index (χ0v) is 16.3. The highest BCUT2D eigenvalue weighted by molar-refractivity contribution is 14.2. The average molecular weight is 442 g/mol. The fourth-order valence-electron chi connectivity index (χ4n) is 2.79. The number of nitrogens with two attached hydrogens (primary N) is 2. The minimum atomic E-state index is -0.514. The van der Waals surface area contributed by atoms with E-state index in [0.717, 1.165) is 44.9 Å². The molecule has 0 saturated carbocycles. The molecule has 1 aliphatic heterocycles. The van der Waals surface area contributed by atoms with Crippen molar-refractivity contribution in [2.75, 3.05) is 14.6 Å². The van der Waals surface area contributed by atoms with Gasteiger partial charge < -0.3 is 11.5 Å². The van der Waals surface area contributed by atoms with Gasteiger partial charge in [0.25, 0.3) is 0 Å². The van der Waals surface area contributed by atoms with Crippen LogP contribution in [0.3, 0.4) is 0 Å². The largest absolute Gasteiger partial charge is 0.398 e. The van der Waals surface area contributed by atoms with E-state index in [0.29, 0.717) is 0 Å². The number of aryl methyl sites for hydroxylation is 2. The van der Waals surface area contributed by atoms with E-state index in [1.807, 2.05) is 26.0 Å². The SMILES string of the molecule is Cc1cc2c(cc1N)N(c1ccccc1)I=c1cc(N)c(C)cc1=N2. The number of rotatable bonds is 1. The van der Waals surface area contributed by atoms with Crippen LogP contribution in [0.25, 0.3) is 0 Å². The van der Waals surface area contributed by atoms with Crippen molar-refractivity contribution >= 4 is 49.4 Å². The van der Waals surface area contributed by atoms with E-state index in [9.17, 15) is 0 Å². The Morgan fingerprint density at radius 1 is 0.880 bits per heavy atom. The van der Waals surface area contributed by atoms with Crippen LogP contribution in [0.15, 0.2) is 59.6 Å². The van der Waals surface area contributed by atoms with E-state index in [-0.39, 0.29) is 0 Å². The van der Waals surface area contributed by atoms with Gasteiger partial charge in [-0.1, -0.05) is 18.2 Å². The van der Waals surface area contributed by atoms with Crippen LogP contribution in [0.4, 0.5) is 28.4 Å². The molecule has 0 fully saturated rings. The number of benzene rings is 3. The summed E-state index contributed by atoms with van der Waals surface area (Å²) < 4.78 is 3.58. The molecule has 0 atom stereocenters. The number of para-hydroxylation sites is 1. The van der Waals surface area contributed by atoms with Crippen molar-refractivity contribution in [2.24, 2.45) is 4.99 Å². The predicted octanol–water partition coefficient (Wildman–Crippen LogP) is 4.71. The predicted molar refractivity (Wildman–Crippen MR) is 113 cm³/mol. The summed E-state index contributed by atoms with van der Waals surface area (Å²) in [5.41, 5.74) is 19.3. The number of anilines is 4. The summed E-state index contributed by atoms with van der Waals surface area (Å²) in [4.78, 5) is 4.96. The van der Waals surface area contributed by atoms with Gasteiger partial charge in [-0.2, -0.15) is 0 Å². The Labute approximate surface area is 156 Å². The van der Waals surface area contributed by atoms with Crippen LogP contribution in [-0.4, -0.2) is 0 Å². The zero-order valence-electron chi connectivity index (χ0n) is 14.1. The van der Waals surface area contributed by atoms with E-state index in [1.54, 1.807) is 0 Å². The Hall–Kier alpha value is -2.41. The smallest absolute Gasteiger partial charge is 0.0885 e. The standard InChI is InChI=1S/C20H19IN4/c1-12-8-18-15(10-16(12)22)21-25(14-6-4-3-5-7-14)20-11-17(23)13(2)9-19(20)24-18/h3-11H,22-23H2,1-2H3. The maximum Gasteiger partial charge on any atom is 0.0885 e. The summed E-state index contributed by atoms with van der Waals surface area (Å²) in [6.07, 6.45) is 0. The van der Waals surface area contributed by atoms with Crippen molar-refractivity contribution < 1.29 is 0 Å². The van der Waals surface area contributed by atoms with Gasteiger partial charge in [0.2, 0.25) is 0 Å². The molecule has 0 radical (unpaired) electrons. The molecule has 3 aromatic rings. The van der Waals surface area contributed by atoms with Crippen LogP contribution in [0.5, 0.6) is 0 Å². The molecular weight excluding hydrogens is 423 g/mol. The lowest BCUT2D eigenvalue weighted by atomic mass is 10.1. The summed E-state index contributed by atoms with van der Waals surface area (Å²) >= 11 is -0.514. The fraction of sp³-hybridized carbons (Fsp3) is 0.100. The summed E-state index contributed by atoms with van der Waals surface area (Å²) in [6.45, 7) is 4.05. The molecule has 1 heterocycles. The lowest BCUT2D eigenvalue weighted by Gasteiger charge is -2.21. The van der Waals surface area contributed by atoms with Crippen molar-refractivity contribution in [1.82, 2.24) is 0 Å². The zero-order chi connectivity index (χ0) is 17.6. The van der Waals surface area contributed by atoms with Gasteiger partial charge in [-0.25, -0.2) is 4.99 Å². The van der Waals surface area contributed by atoms with Crippen LogP contribution in [0.1, 0.15) is 11.1 Å². The Kier molecular flexibility index (Phi) is 3.95. The molecule has 0 aliphatic carbocycles. The first-order chi connectivity index (χ1) is 12.0. The van der Waals surface area contributed by atoms with Crippen molar-refractivity contribution in [3.8, 4) is 0 Å². The molecule has 4 rings (SSSR count). The highest BCUT2D eigenvalue weighted by atomic mass is 127. The third-order valence-electron chi connectivity index (χ3n) is 4.31. The molecule has 0 unspecified atom stereocenters. The van der Waals surface area contributed by atoms with Crippen molar-refractivity contribution in [2.45, 2.75) is 13.8 Å². The van der Waals surface area contributed by atoms with Crippen molar-refractivity contribution in [3.05, 3.63) is 74.2 Å². The molecule has 126 valence electrons. The topological polar surface area (TPSA) is 67.6 Å². The van der Waals surface area contributed by atoms with Crippen molar-refractivity contribution in [3.63, 3.8) is 0 Å². The van der Waals surface area contributed by atoms with Gasteiger partial charge in [0.1, 0.15) is 0 Å². The summed E-state index contributed by atoms with van der Waals surface area (Å²) in [5, 5.41) is 1.02. The van der Waals surface area contributed by atoms with E-state index >= 15 is 0 Å². The molecule has 4 N–H and O–H groups in total. The molecule has 1 aliphatic rings. The second kappa shape index (κ2) is 6.15. The number of hydrogen-bond donors (Lipinski definition) is 2. The molecule has 5 heteroatoms. The van der Waals surface area contributed by atoms with Crippen LogP contribution >= 0.6 is 21.0 Å². The number of halogens is 1. The maximum absolute atomic E-state index is 6.21. The van der Waals surface area contributed by atoms with Crippen LogP contribution in [0.2, 0.25) is 0 Å². The Morgan fingerprint density at radius 2 is 1.56 bits per heavy atom. The molecule has 4 nitrogen and oxygen atoms in total. The van der Waals surface area contributed by atoms with Crippen LogP contribution in [-0.2, 0) is 0 Å². The molecule has 0 bridgehead atoms. The minimum absolute atomic E-state index is 0.514. The van der Waals surface area contributed by atoms with Crippen LogP contribution < -0.4 is 19.9 Å². The second-order valence-electron chi connectivity index (χ2n) is 6.17. The third kappa shape index (κ3) is 2.89. The van der Waals surface area contributed by atoms with Gasteiger partial charge in [-0.05, 0) is 61.4 Å². The van der Waals surface area contributed by atoms with E-state index < -0.39 is 21.0 Å². The highest BCUT2D eigenvalue weighted by Crippen LogP contribution is 2.42. The number of fused-ring (bicyclic) bond motifs is 2. The second-order valence-corrected chi connectivity index (χ2v) is 8.78. The van der Waals surface area contributed by atoms with Crippen molar-refractivity contribution in [1.29, 1.82) is 0 Å². The molecular formula is C20H19IN4. The van der Waals surface area contributed by atoms with Gasteiger partial charge in [0.15, 0.2) is 0 Å². The lowest BCUT2D eigenvalue weighted by molar-refractivity contribution is 1.28. The number of nitrogen functional groups attached to an aromatic ring is 2. The van der Waals surface area contributed by atoms with Gasteiger partial charge >= 0.3 is 0 Å². The molecule has 0 saturated heterocycles. The third-order valence-corrected chi connectivity index (χ3v) is 7.25. The molecule has 25 heavy (non-hydrogen) atoms. The highest BCUT2D eigenvalue weighted by Gasteiger charge is 2.16. The van der Waals surface area contributed by atoms with Gasteiger partial charge in [-0.15, -0.1) is 0 Å². The first-order valence-electron chi connectivity index (χ1n) is 8.05. The monoisotopic (exact) mass is 442 g/mol. The first-order valence-corrected chi connectivity index (χ1v) is 10.1. The molecule has 0 amide bonds. The summed E-state index contributed by atoms with van der Waals surface area (Å²) in [5.74, 6) is 0. The molecule has 0 aromatic heterocycles. The normalized spacial score (nSPS) is 12.8. The lowest BCUT2D eigenvalue weighted by Crippen LogP contribution is -2.05. The number of hydrogen-bond acceptors (Lipinski definition) is 4. The number of nitrogens with zero attached hydrogens (tertiary/aromatic N) is 2. The van der Waals surface area contributed by atoms with Gasteiger partial charge in [0.05, 0.1) is 25.6 Å². The van der Waals surface area contributed by atoms with E-state index in [2.05, 4.69) is 45.6 Å². The van der Waals surface area contributed by atoms with E-state index in [4.69, 9.17) is 16.5 Å². The summed E-state index contributed by atoms with van der Waals surface area (Å²) in [6, 6.07) is 18.7. The Bertz CT molecular complexity index is 1090. The minimum Gasteiger partial charge on any atom is -0.398 e. The van der Waals surface area contributed by atoms with E-state index in [1.165, 1.54) is 3.15 Å².